The van der Waals surface area contributed by atoms with E-state index in [4.69, 9.17) is 9.84 Å². The van der Waals surface area contributed by atoms with Crippen molar-refractivity contribution >= 4 is 5.71 Å². The van der Waals surface area contributed by atoms with Crippen molar-refractivity contribution in [2.24, 2.45) is 11.0 Å². The van der Waals surface area contributed by atoms with Gasteiger partial charge in [-0.3, -0.25) is 5.01 Å². The molecule has 0 aromatic rings. The molecule has 1 rings (SSSR count). The van der Waals surface area contributed by atoms with Crippen LogP contribution in [-0.2, 0) is 4.74 Å². The topological polar surface area (TPSA) is 45.1 Å². The maximum atomic E-state index is 10.4. The van der Waals surface area contributed by atoms with Crippen LogP contribution in [0.15, 0.2) is 17.8 Å². The summed E-state index contributed by atoms with van der Waals surface area (Å²) < 4.78 is 5.91. The van der Waals surface area contributed by atoms with Gasteiger partial charge in [-0.05, 0) is 32.1 Å². The molecule has 1 saturated heterocycles. The highest BCUT2D eigenvalue weighted by molar-refractivity contribution is 5.88. The molecule has 4 nitrogen and oxygen atoms in total. The maximum absolute atomic E-state index is 10.4. The fourth-order valence-corrected chi connectivity index (χ4v) is 3.49. The molecule has 0 aromatic heterocycles. The van der Waals surface area contributed by atoms with E-state index in [2.05, 4.69) is 25.4 Å². The molecule has 0 bridgehead atoms. The number of aliphatic hydroxyl groups excluding tert-OH is 1. The predicted molar refractivity (Wildman–Crippen MR) is 93.1 cm³/mol. The van der Waals surface area contributed by atoms with Crippen LogP contribution in [0.3, 0.4) is 0 Å². The van der Waals surface area contributed by atoms with Crippen molar-refractivity contribution in [3.8, 4) is 0 Å². The Balaban J connectivity index is 3.02. The average Bonchev–Trinajstić information content (AvgIpc) is 3.02. The second-order valence-electron chi connectivity index (χ2n) is 6.28. The van der Waals surface area contributed by atoms with Crippen LogP contribution in [0.1, 0.15) is 59.8 Å². The number of rotatable bonds is 9. The smallest absolute Gasteiger partial charge is 0.0998 e. The summed E-state index contributed by atoms with van der Waals surface area (Å²) >= 11 is 0. The van der Waals surface area contributed by atoms with Gasteiger partial charge >= 0.3 is 0 Å². The van der Waals surface area contributed by atoms with E-state index in [0.29, 0.717) is 6.04 Å². The molecule has 1 aliphatic heterocycles. The maximum Gasteiger partial charge on any atom is 0.0998 e. The lowest BCUT2D eigenvalue weighted by Crippen LogP contribution is -2.49. The van der Waals surface area contributed by atoms with Crippen molar-refractivity contribution in [2.45, 2.75) is 77.5 Å². The van der Waals surface area contributed by atoms with E-state index in [0.717, 1.165) is 44.4 Å². The third-order valence-corrected chi connectivity index (χ3v) is 5.27. The van der Waals surface area contributed by atoms with E-state index in [1.165, 1.54) is 0 Å². The molecule has 0 amide bonds. The van der Waals surface area contributed by atoms with Crippen molar-refractivity contribution in [1.82, 2.24) is 5.01 Å². The number of hydrogen-bond donors (Lipinski definition) is 1. The molecule has 1 aliphatic rings. The Hall–Kier alpha value is -0.870. The fourth-order valence-electron chi connectivity index (χ4n) is 3.49. The molecular formula is C18H34N2O2. The van der Waals surface area contributed by atoms with E-state index in [1.807, 2.05) is 21.0 Å². The molecule has 0 radical (unpaired) electrons. The van der Waals surface area contributed by atoms with E-state index < -0.39 is 6.10 Å². The summed E-state index contributed by atoms with van der Waals surface area (Å²) in [5, 5.41) is 17.4. The standard InChI is InChI=1S/C18H34N2O2/c1-7-14(5)17(21)15(8-2)19-20-13-11-12-16(20)18(9-3,10-4)22-6/h7,14,16-17,21H,1,8-13H2,2-6H3/b19-15+/t14-,16-,17+/m0/s1. The van der Waals surface area contributed by atoms with Gasteiger partial charge in [0.15, 0.2) is 0 Å². The van der Waals surface area contributed by atoms with Crippen LogP contribution < -0.4 is 0 Å². The minimum absolute atomic E-state index is 0.0179. The van der Waals surface area contributed by atoms with E-state index in [-0.39, 0.29) is 11.5 Å². The van der Waals surface area contributed by atoms with Crippen molar-refractivity contribution in [3.05, 3.63) is 12.7 Å². The van der Waals surface area contributed by atoms with Crippen LogP contribution in [0.2, 0.25) is 0 Å². The van der Waals surface area contributed by atoms with E-state index in [1.54, 1.807) is 6.08 Å². The zero-order valence-corrected chi connectivity index (χ0v) is 15.0. The molecule has 4 heteroatoms. The summed E-state index contributed by atoms with van der Waals surface area (Å²) in [6, 6.07) is 0.292. The van der Waals surface area contributed by atoms with Gasteiger partial charge in [-0.15, -0.1) is 6.58 Å². The van der Waals surface area contributed by atoms with Gasteiger partial charge in [0.1, 0.15) is 0 Å². The van der Waals surface area contributed by atoms with Gasteiger partial charge in [0, 0.05) is 19.6 Å². The number of nitrogens with zero attached hydrogens (tertiary/aromatic N) is 2. The van der Waals surface area contributed by atoms with Crippen molar-refractivity contribution < 1.29 is 9.84 Å². The molecule has 1 heterocycles. The van der Waals surface area contributed by atoms with Gasteiger partial charge in [-0.25, -0.2) is 0 Å². The third kappa shape index (κ3) is 3.90. The summed E-state index contributed by atoms with van der Waals surface area (Å²) in [5.74, 6) is 0.0179. The van der Waals surface area contributed by atoms with E-state index >= 15 is 0 Å². The van der Waals surface area contributed by atoms with Crippen molar-refractivity contribution in [1.29, 1.82) is 0 Å². The number of ether oxygens (including phenoxy) is 1. The second-order valence-corrected chi connectivity index (χ2v) is 6.28. The molecule has 3 atom stereocenters. The first-order chi connectivity index (χ1) is 10.5. The minimum atomic E-state index is -0.552. The summed E-state index contributed by atoms with van der Waals surface area (Å²) in [5.41, 5.74) is 0.699. The van der Waals surface area contributed by atoms with Gasteiger partial charge in [-0.2, -0.15) is 5.10 Å². The second kappa shape index (κ2) is 8.68. The highest BCUT2D eigenvalue weighted by Gasteiger charge is 2.42. The molecule has 1 N–H and O–H groups in total. The summed E-state index contributed by atoms with van der Waals surface area (Å²) in [4.78, 5) is 0. The molecule has 128 valence electrons. The third-order valence-electron chi connectivity index (χ3n) is 5.27. The van der Waals surface area contributed by atoms with Crippen molar-refractivity contribution in [2.75, 3.05) is 13.7 Å². The van der Waals surface area contributed by atoms with Crippen LogP contribution >= 0.6 is 0 Å². The Labute approximate surface area is 136 Å². The van der Waals surface area contributed by atoms with E-state index in [9.17, 15) is 5.11 Å². The van der Waals surface area contributed by atoms with Crippen LogP contribution in [0.25, 0.3) is 0 Å². The number of aliphatic hydroxyl groups is 1. The van der Waals surface area contributed by atoms with Gasteiger partial charge in [0.25, 0.3) is 0 Å². The summed E-state index contributed by atoms with van der Waals surface area (Å²) in [7, 11) is 1.81. The van der Waals surface area contributed by atoms with Crippen LogP contribution in [0.5, 0.6) is 0 Å². The lowest BCUT2D eigenvalue weighted by Gasteiger charge is -2.40. The lowest BCUT2D eigenvalue weighted by atomic mass is 9.87. The highest BCUT2D eigenvalue weighted by atomic mass is 16.5. The Bertz CT molecular complexity index is 369. The zero-order chi connectivity index (χ0) is 16.8. The molecule has 0 aliphatic carbocycles. The Kier molecular flexibility index (Phi) is 7.57. The first-order valence-corrected chi connectivity index (χ1v) is 8.69. The first-order valence-electron chi connectivity index (χ1n) is 8.69. The Morgan fingerprint density at radius 3 is 2.55 bits per heavy atom. The molecule has 0 spiro atoms. The quantitative estimate of drug-likeness (QED) is 0.523. The molecule has 0 unspecified atom stereocenters. The van der Waals surface area contributed by atoms with Crippen LogP contribution in [0.4, 0.5) is 0 Å². The molecule has 22 heavy (non-hydrogen) atoms. The average molecular weight is 310 g/mol. The highest BCUT2D eigenvalue weighted by Crippen LogP contribution is 2.35. The SMILES string of the molecule is C=C[C@H](C)[C@@H](O)/C(CC)=N/N1CCC[C@H]1C(CC)(CC)OC. The monoisotopic (exact) mass is 310 g/mol. The van der Waals surface area contributed by atoms with Gasteiger partial charge in [0.2, 0.25) is 0 Å². The first kappa shape index (κ1) is 19.2. The predicted octanol–water partition coefficient (Wildman–Crippen LogP) is 3.61. The molecule has 1 fully saturated rings. The lowest BCUT2D eigenvalue weighted by molar-refractivity contribution is -0.0734. The minimum Gasteiger partial charge on any atom is -0.386 e. The zero-order valence-electron chi connectivity index (χ0n) is 15.0. The summed E-state index contributed by atoms with van der Waals surface area (Å²) in [6.45, 7) is 13.1. The van der Waals surface area contributed by atoms with Crippen LogP contribution in [0, 0.1) is 5.92 Å². The normalized spacial score (nSPS) is 22.7. The molecule has 0 aromatic carbocycles. The van der Waals surface area contributed by atoms with Crippen molar-refractivity contribution in [3.63, 3.8) is 0 Å². The number of methoxy groups -OCH3 is 1. The van der Waals surface area contributed by atoms with Gasteiger partial charge in [0.05, 0.1) is 23.5 Å². The van der Waals surface area contributed by atoms with Gasteiger partial charge in [-0.1, -0.05) is 33.8 Å². The summed E-state index contributed by atoms with van der Waals surface area (Å²) in [6.07, 6.45) is 6.17. The molecular weight excluding hydrogens is 276 g/mol. The van der Waals surface area contributed by atoms with Crippen LogP contribution in [-0.4, -0.2) is 47.2 Å². The number of hydrazone groups is 1. The Morgan fingerprint density at radius 2 is 2.09 bits per heavy atom. The fraction of sp³-hybridized carbons (Fsp3) is 0.833. The Morgan fingerprint density at radius 1 is 1.45 bits per heavy atom. The number of hydrogen-bond acceptors (Lipinski definition) is 4. The van der Waals surface area contributed by atoms with Gasteiger partial charge < -0.3 is 9.84 Å². The molecule has 0 saturated carbocycles. The largest absolute Gasteiger partial charge is 0.386 e.